The van der Waals surface area contributed by atoms with Gasteiger partial charge in [-0.15, -0.1) is 0 Å². The van der Waals surface area contributed by atoms with Crippen molar-refractivity contribution in [2.24, 2.45) is 0 Å². The Morgan fingerprint density at radius 3 is 2.69 bits per heavy atom. The molecule has 0 fully saturated rings. The van der Waals surface area contributed by atoms with Crippen molar-refractivity contribution in [2.75, 3.05) is 0 Å². The van der Waals surface area contributed by atoms with Gasteiger partial charge in [0.05, 0.1) is 17.4 Å². The minimum Gasteiger partial charge on any atom is -0.256 e. The van der Waals surface area contributed by atoms with Gasteiger partial charge >= 0.3 is 0 Å². The topological polar surface area (TPSA) is 25.8 Å². The van der Waals surface area contributed by atoms with Gasteiger partial charge in [0.25, 0.3) is 0 Å². The summed E-state index contributed by atoms with van der Waals surface area (Å²) in [4.78, 5) is 8.58. The molecule has 2 heteroatoms. The molecule has 16 heavy (non-hydrogen) atoms. The zero-order valence-electron chi connectivity index (χ0n) is 8.59. The summed E-state index contributed by atoms with van der Waals surface area (Å²) in [6, 6.07) is 15.9. The summed E-state index contributed by atoms with van der Waals surface area (Å²) < 4.78 is 0. The van der Waals surface area contributed by atoms with Gasteiger partial charge in [0, 0.05) is 17.1 Å². The van der Waals surface area contributed by atoms with Crippen molar-refractivity contribution in [1.29, 1.82) is 0 Å². The number of nitrogens with zero attached hydrogens (tertiary/aromatic N) is 2. The van der Waals surface area contributed by atoms with Gasteiger partial charge in [-0.25, -0.2) is 4.98 Å². The lowest BCUT2D eigenvalue weighted by Gasteiger charge is -2.01. The van der Waals surface area contributed by atoms with Crippen LogP contribution in [-0.2, 0) is 0 Å². The third kappa shape index (κ3) is 1.54. The number of aromatic nitrogens is 2. The van der Waals surface area contributed by atoms with E-state index < -0.39 is 0 Å². The van der Waals surface area contributed by atoms with Crippen molar-refractivity contribution in [3.8, 4) is 11.3 Å². The molecule has 0 bridgehead atoms. The fourth-order valence-electron chi connectivity index (χ4n) is 1.67. The second-order valence-corrected chi connectivity index (χ2v) is 3.56. The maximum absolute atomic E-state index is 4.29. The van der Waals surface area contributed by atoms with Crippen LogP contribution in [0.25, 0.3) is 22.2 Å². The second kappa shape index (κ2) is 3.74. The molecule has 0 aliphatic carbocycles. The van der Waals surface area contributed by atoms with Crippen molar-refractivity contribution in [3.63, 3.8) is 0 Å². The maximum Gasteiger partial charge on any atom is 0.0995 e. The molecule has 0 unspecified atom stereocenters. The molecule has 0 N–H and O–H groups in total. The molecule has 3 rings (SSSR count). The molecule has 0 saturated heterocycles. The number of rotatable bonds is 1. The highest BCUT2D eigenvalue weighted by Gasteiger charge is 2.01. The minimum absolute atomic E-state index is 0.903. The Morgan fingerprint density at radius 1 is 0.938 bits per heavy atom. The molecule has 2 nitrogen and oxygen atoms in total. The van der Waals surface area contributed by atoms with E-state index in [0.717, 1.165) is 22.2 Å². The molecule has 75 valence electrons. The monoisotopic (exact) mass is 205 g/mol. The molecule has 0 aliphatic heterocycles. The lowest BCUT2D eigenvalue weighted by atomic mass is 10.1. The van der Waals surface area contributed by atoms with Crippen molar-refractivity contribution in [3.05, 3.63) is 60.9 Å². The Labute approximate surface area is 93.6 Å². The van der Waals surface area contributed by atoms with E-state index in [1.807, 2.05) is 42.5 Å². The van der Waals surface area contributed by atoms with Gasteiger partial charge in [-0.2, -0.15) is 0 Å². The molecular weight excluding hydrogens is 196 g/mol. The van der Waals surface area contributed by atoms with E-state index in [-0.39, 0.29) is 0 Å². The van der Waals surface area contributed by atoms with Crippen molar-refractivity contribution >= 4 is 10.9 Å². The first-order valence-electron chi connectivity index (χ1n) is 5.12. The van der Waals surface area contributed by atoms with Crippen LogP contribution >= 0.6 is 0 Å². The first-order chi connectivity index (χ1) is 7.93. The molecule has 1 aromatic carbocycles. The Hall–Kier alpha value is -2.22. The average molecular weight is 205 g/mol. The third-order valence-corrected chi connectivity index (χ3v) is 2.47. The van der Waals surface area contributed by atoms with Crippen LogP contribution in [0.2, 0.25) is 0 Å². The maximum atomic E-state index is 4.29. The largest absolute Gasteiger partial charge is 0.256 e. The van der Waals surface area contributed by atoms with Crippen molar-refractivity contribution in [2.45, 2.75) is 0 Å². The highest BCUT2D eigenvalue weighted by molar-refractivity contribution is 5.82. The number of hydrogen-bond acceptors (Lipinski definition) is 2. The summed E-state index contributed by atoms with van der Waals surface area (Å²) in [6.07, 6.45) is 4.79. The molecule has 0 atom stereocenters. The molecule has 1 radical (unpaired) electrons. The zero-order valence-corrected chi connectivity index (χ0v) is 8.59. The van der Waals surface area contributed by atoms with Crippen LogP contribution in [0.4, 0.5) is 0 Å². The van der Waals surface area contributed by atoms with Crippen molar-refractivity contribution < 1.29 is 0 Å². The van der Waals surface area contributed by atoms with Crippen LogP contribution in [-0.4, -0.2) is 9.97 Å². The SMILES string of the molecule is [c]1nc2ccccc2cc1-c1ccccn1. The second-order valence-electron chi connectivity index (χ2n) is 3.56. The molecule has 2 heterocycles. The van der Waals surface area contributed by atoms with Gasteiger partial charge in [0.15, 0.2) is 0 Å². The summed E-state index contributed by atoms with van der Waals surface area (Å²) in [5.74, 6) is 0. The van der Waals surface area contributed by atoms with Gasteiger partial charge < -0.3 is 0 Å². The molecule has 0 aliphatic rings. The van der Waals surface area contributed by atoms with E-state index in [0.29, 0.717) is 0 Å². The fraction of sp³-hybridized carbons (Fsp3) is 0. The lowest BCUT2D eigenvalue weighted by molar-refractivity contribution is 1.30. The Kier molecular flexibility index (Phi) is 2.11. The van der Waals surface area contributed by atoms with Gasteiger partial charge in [-0.1, -0.05) is 24.3 Å². The lowest BCUT2D eigenvalue weighted by Crippen LogP contribution is -1.85. The summed E-state index contributed by atoms with van der Waals surface area (Å²) in [6.45, 7) is 0. The number of hydrogen-bond donors (Lipinski definition) is 0. The van der Waals surface area contributed by atoms with Crippen LogP contribution in [0.1, 0.15) is 0 Å². The number of pyridine rings is 2. The predicted molar refractivity (Wildman–Crippen MR) is 63.8 cm³/mol. The van der Waals surface area contributed by atoms with E-state index >= 15 is 0 Å². The van der Waals surface area contributed by atoms with Crippen LogP contribution < -0.4 is 0 Å². The Bertz CT molecular complexity index is 618. The average Bonchev–Trinajstić information content (AvgIpc) is 2.39. The smallest absolute Gasteiger partial charge is 0.0995 e. The summed E-state index contributed by atoms with van der Waals surface area (Å²) in [7, 11) is 0. The summed E-state index contributed by atoms with van der Waals surface area (Å²) >= 11 is 0. The molecule has 2 aromatic heterocycles. The van der Waals surface area contributed by atoms with Crippen LogP contribution in [0.3, 0.4) is 0 Å². The van der Waals surface area contributed by atoms with Gasteiger partial charge in [-0.3, -0.25) is 4.98 Å². The molecule has 0 spiro atoms. The van der Waals surface area contributed by atoms with Crippen molar-refractivity contribution in [1.82, 2.24) is 9.97 Å². The molecular formula is C14H9N2. The third-order valence-electron chi connectivity index (χ3n) is 2.47. The highest BCUT2D eigenvalue weighted by atomic mass is 14.7. The van der Waals surface area contributed by atoms with Gasteiger partial charge in [0.2, 0.25) is 0 Å². The molecule has 0 amide bonds. The number of fused-ring (bicyclic) bond motifs is 1. The first kappa shape index (κ1) is 9.04. The fourth-order valence-corrected chi connectivity index (χ4v) is 1.67. The normalized spacial score (nSPS) is 10.5. The van der Waals surface area contributed by atoms with Crippen LogP contribution in [0.5, 0.6) is 0 Å². The van der Waals surface area contributed by atoms with Gasteiger partial charge in [0.1, 0.15) is 0 Å². The summed E-state index contributed by atoms with van der Waals surface area (Å²) in [5, 5.41) is 1.11. The predicted octanol–water partition coefficient (Wildman–Crippen LogP) is 3.10. The summed E-state index contributed by atoms with van der Waals surface area (Å²) in [5.41, 5.74) is 2.79. The molecule has 0 saturated carbocycles. The quantitative estimate of drug-likeness (QED) is 0.610. The van der Waals surface area contributed by atoms with E-state index in [4.69, 9.17) is 0 Å². The van der Waals surface area contributed by atoms with E-state index in [9.17, 15) is 0 Å². The number of para-hydroxylation sites is 1. The molecule has 3 aromatic rings. The highest BCUT2D eigenvalue weighted by Crippen LogP contribution is 2.19. The zero-order chi connectivity index (χ0) is 10.8. The van der Waals surface area contributed by atoms with E-state index in [2.05, 4.69) is 22.2 Å². The van der Waals surface area contributed by atoms with E-state index in [1.165, 1.54) is 0 Å². The standard InChI is InChI=1S/C14H9N2/c1-2-6-13-11(5-1)9-12(10-16-13)14-7-3-4-8-15-14/h1-9H. The first-order valence-corrected chi connectivity index (χ1v) is 5.12. The van der Waals surface area contributed by atoms with Crippen LogP contribution in [0, 0.1) is 6.20 Å². The van der Waals surface area contributed by atoms with E-state index in [1.54, 1.807) is 6.20 Å². The van der Waals surface area contributed by atoms with Gasteiger partial charge in [-0.05, 0) is 24.3 Å². The minimum atomic E-state index is 0.903. The Morgan fingerprint density at radius 2 is 1.81 bits per heavy atom. The number of benzene rings is 1. The van der Waals surface area contributed by atoms with Crippen LogP contribution in [0.15, 0.2) is 54.7 Å². The Balaban J connectivity index is 2.19.